The monoisotopic (exact) mass is 550 g/mol. The summed E-state index contributed by atoms with van der Waals surface area (Å²) in [5.74, 6) is -0.558. The number of halogens is 2. The number of benzene rings is 2. The van der Waals surface area contributed by atoms with Gasteiger partial charge in [-0.25, -0.2) is 8.42 Å². The fourth-order valence-corrected chi connectivity index (χ4v) is 5.22. The maximum absolute atomic E-state index is 13.2. The van der Waals surface area contributed by atoms with E-state index in [1.165, 1.54) is 0 Å². The predicted octanol–water partition coefficient (Wildman–Crippen LogP) is 4.36. The minimum absolute atomic E-state index is 0.0470. The Morgan fingerprint density at radius 3 is 1.32 bits per heavy atom. The second-order valence-electron chi connectivity index (χ2n) is 6.23. The Kier molecular flexibility index (Phi) is 9.65. The Morgan fingerprint density at radius 1 is 0.750 bits per heavy atom. The fourth-order valence-electron chi connectivity index (χ4n) is 2.88. The van der Waals surface area contributed by atoms with Crippen LogP contribution in [-0.2, 0) is 38.5 Å². The van der Waals surface area contributed by atoms with Gasteiger partial charge in [0.25, 0.3) is 0 Å². The molecule has 0 aliphatic carbocycles. The Hall–Kier alpha value is -0.710. The first-order valence-corrected chi connectivity index (χ1v) is 13.1. The molecule has 0 aliphatic heterocycles. The van der Waals surface area contributed by atoms with E-state index >= 15 is 0 Å². The summed E-state index contributed by atoms with van der Waals surface area (Å²) in [6, 6.07) is 14.3. The minimum Gasteiger partial charge on any atom is -0.306 e. The summed E-state index contributed by atoms with van der Waals surface area (Å²) in [5, 5.41) is 0.921. The Balaban J connectivity index is 2.21. The summed E-state index contributed by atoms with van der Waals surface area (Å²) in [7, 11) is 0. The Bertz CT molecular complexity index is 771. The molecule has 5 nitrogen and oxygen atoms in total. The number of Topliss-reactive ketones (excluding diaryl/α,β-unsaturated/α-hetero) is 1. The number of carbonyl (C=O) groups excluding carboxylic acids is 1. The summed E-state index contributed by atoms with van der Waals surface area (Å²) in [5.41, 5.74) is 3.15. The lowest BCUT2D eigenvalue weighted by atomic mass is 9.85. The summed E-state index contributed by atoms with van der Waals surface area (Å²) in [6.45, 7) is 0. The van der Waals surface area contributed by atoms with Crippen molar-refractivity contribution in [2.45, 2.75) is 23.3 Å². The van der Waals surface area contributed by atoms with Gasteiger partial charge in [0.15, 0.2) is 22.2 Å². The topological polar surface area (TPSA) is 91.7 Å². The molecule has 0 bridgehead atoms. The van der Waals surface area contributed by atoms with E-state index in [2.05, 4.69) is 31.9 Å². The van der Waals surface area contributed by atoms with Gasteiger partial charge in [-0.05, 0) is 22.3 Å². The maximum Gasteiger partial charge on any atom is 0.157 e. The van der Waals surface area contributed by atoms with E-state index in [9.17, 15) is 13.2 Å². The highest BCUT2D eigenvalue weighted by Crippen LogP contribution is 2.30. The number of alkyl halides is 2. The highest BCUT2D eigenvalue weighted by Gasteiger charge is 2.28. The maximum atomic E-state index is 13.2. The molecule has 2 N–H and O–H groups in total. The van der Waals surface area contributed by atoms with E-state index < -0.39 is 22.2 Å². The lowest BCUT2D eigenvalue weighted by Crippen LogP contribution is -2.23. The number of rotatable bonds is 10. The zero-order valence-corrected chi connectivity index (χ0v) is 19.6. The molecule has 0 heterocycles. The molecule has 0 aromatic heterocycles. The lowest BCUT2D eigenvalue weighted by Gasteiger charge is -2.21. The first-order valence-electron chi connectivity index (χ1n) is 8.34. The van der Waals surface area contributed by atoms with Gasteiger partial charge in [-0.3, -0.25) is 4.79 Å². The van der Waals surface area contributed by atoms with Crippen molar-refractivity contribution < 1.29 is 22.3 Å². The molecule has 0 saturated heterocycles. The molecule has 4 unspecified atom stereocenters. The van der Waals surface area contributed by atoms with Crippen LogP contribution in [0.2, 0.25) is 0 Å². The largest absolute Gasteiger partial charge is 0.306 e. The van der Waals surface area contributed by atoms with Gasteiger partial charge < -0.3 is 9.11 Å². The second kappa shape index (κ2) is 11.5. The fraction of sp³-hybridized carbons (Fsp3) is 0.316. The normalized spacial score (nSPS) is 15.6. The van der Waals surface area contributed by atoms with Crippen molar-refractivity contribution in [1.82, 2.24) is 0 Å². The summed E-state index contributed by atoms with van der Waals surface area (Å²) < 4.78 is 39.9. The smallest absolute Gasteiger partial charge is 0.157 e. The molecule has 0 radical (unpaired) electrons. The van der Waals surface area contributed by atoms with Crippen LogP contribution in [0.3, 0.4) is 0 Å². The van der Waals surface area contributed by atoms with Crippen LogP contribution in [0.1, 0.15) is 34.1 Å². The van der Waals surface area contributed by atoms with Crippen LogP contribution in [0.5, 0.6) is 0 Å². The molecule has 0 aliphatic rings. The van der Waals surface area contributed by atoms with Gasteiger partial charge >= 0.3 is 0 Å². The van der Waals surface area contributed by atoms with Crippen LogP contribution in [0.15, 0.2) is 48.5 Å². The molecular weight excluding hydrogens is 532 g/mol. The number of carbonyl (C=O) groups is 1. The van der Waals surface area contributed by atoms with E-state index in [-0.39, 0.29) is 29.1 Å². The van der Waals surface area contributed by atoms with Crippen molar-refractivity contribution in [3.8, 4) is 0 Å². The number of hydrogen-bond acceptors (Lipinski definition) is 3. The van der Waals surface area contributed by atoms with Crippen LogP contribution in [-0.4, -0.2) is 34.0 Å². The zero-order valence-electron chi connectivity index (χ0n) is 14.8. The quantitative estimate of drug-likeness (QED) is 0.338. The van der Waals surface area contributed by atoms with Crippen molar-refractivity contribution in [2.75, 3.05) is 10.7 Å². The van der Waals surface area contributed by atoms with E-state index in [1.807, 2.05) is 24.3 Å². The first-order chi connectivity index (χ1) is 13.3. The highest BCUT2D eigenvalue weighted by atomic mass is 79.9. The van der Waals surface area contributed by atoms with Gasteiger partial charge in [0.2, 0.25) is 0 Å². The van der Waals surface area contributed by atoms with E-state index in [0.717, 1.165) is 22.3 Å². The van der Waals surface area contributed by atoms with Crippen molar-refractivity contribution in [2.24, 2.45) is 0 Å². The molecule has 2 aromatic carbocycles. The average molecular weight is 552 g/mol. The Labute approximate surface area is 186 Å². The third kappa shape index (κ3) is 6.67. The van der Waals surface area contributed by atoms with E-state index in [1.54, 1.807) is 24.3 Å². The van der Waals surface area contributed by atoms with Crippen molar-refractivity contribution >= 4 is 59.8 Å². The molecule has 28 heavy (non-hydrogen) atoms. The lowest BCUT2D eigenvalue weighted by molar-refractivity contribution is -0.121. The third-order valence-electron chi connectivity index (χ3n) is 4.34. The van der Waals surface area contributed by atoms with Crippen LogP contribution in [0.4, 0.5) is 0 Å². The molecule has 0 saturated carbocycles. The number of ketones is 1. The van der Waals surface area contributed by atoms with Gasteiger partial charge in [0.05, 0.1) is 23.3 Å². The second-order valence-corrected chi connectivity index (χ2v) is 9.39. The van der Waals surface area contributed by atoms with Gasteiger partial charge in [0.1, 0.15) is 5.78 Å². The van der Waals surface area contributed by atoms with Crippen LogP contribution in [0, 0.1) is 0 Å². The standard InChI is InChI=1S/C19H20Br2O5S2/c20-9-17(15-5-1-13(2-6-15)11-27(23)24)19(22)18(10-21)16-7-3-14(4-8-16)12-28(25)26/h1-8,17-18H,9-12H2,(H,23,24)(H,25,26). The number of hydrogen-bond donors (Lipinski definition) is 2. The molecule has 4 atom stereocenters. The molecule has 2 rings (SSSR count). The molecule has 9 heteroatoms. The SMILES string of the molecule is O=C(C(CBr)c1ccc(CS(=O)O)cc1)C(CBr)c1ccc(CS(=O)O)cc1. The Morgan fingerprint density at radius 2 is 1.07 bits per heavy atom. The van der Waals surface area contributed by atoms with Gasteiger partial charge in [-0.2, -0.15) is 0 Å². The summed E-state index contributed by atoms with van der Waals surface area (Å²) in [4.78, 5) is 13.2. The molecule has 0 fully saturated rings. The van der Waals surface area contributed by atoms with E-state index in [0.29, 0.717) is 10.7 Å². The van der Waals surface area contributed by atoms with Crippen molar-refractivity contribution in [3.05, 3.63) is 70.8 Å². The molecule has 2 aromatic rings. The summed E-state index contributed by atoms with van der Waals surface area (Å²) in [6.07, 6.45) is 0. The third-order valence-corrected chi connectivity index (χ3v) is 6.80. The predicted molar refractivity (Wildman–Crippen MR) is 120 cm³/mol. The molecule has 0 amide bonds. The molecule has 0 spiro atoms. The molecule has 152 valence electrons. The van der Waals surface area contributed by atoms with Gasteiger partial charge in [-0.15, -0.1) is 0 Å². The first kappa shape index (κ1) is 23.6. The van der Waals surface area contributed by atoms with E-state index in [4.69, 9.17) is 9.11 Å². The van der Waals surface area contributed by atoms with Crippen LogP contribution >= 0.6 is 31.9 Å². The van der Waals surface area contributed by atoms with Crippen LogP contribution < -0.4 is 0 Å². The molecular formula is C19H20Br2O5S2. The average Bonchev–Trinajstić information content (AvgIpc) is 2.65. The van der Waals surface area contributed by atoms with Gasteiger partial charge in [-0.1, -0.05) is 80.4 Å². The van der Waals surface area contributed by atoms with Crippen molar-refractivity contribution in [3.63, 3.8) is 0 Å². The summed E-state index contributed by atoms with van der Waals surface area (Å²) >= 11 is 3.07. The van der Waals surface area contributed by atoms with Crippen molar-refractivity contribution in [1.29, 1.82) is 0 Å². The zero-order chi connectivity index (χ0) is 20.7. The highest BCUT2D eigenvalue weighted by molar-refractivity contribution is 9.09. The van der Waals surface area contributed by atoms with Crippen LogP contribution in [0.25, 0.3) is 0 Å². The van der Waals surface area contributed by atoms with Gasteiger partial charge in [0, 0.05) is 10.7 Å². The minimum atomic E-state index is -1.90.